The third-order valence-corrected chi connectivity index (χ3v) is 1.11. The number of nitrogens with two attached hydrogens (primary N) is 1. The summed E-state index contributed by atoms with van der Waals surface area (Å²) >= 11 is 0. The first-order chi connectivity index (χ1) is 3.80. The molecule has 4 N–H and O–H groups in total. The van der Waals surface area contributed by atoms with Crippen molar-refractivity contribution < 1.29 is 4.84 Å². The molecule has 0 aromatic carbocycles. The van der Waals surface area contributed by atoms with Crippen LogP contribution in [-0.2, 0) is 4.84 Å². The van der Waals surface area contributed by atoms with Crippen LogP contribution < -0.4 is 11.2 Å². The SMILES string of the molecule is N=C(N)C1CCON1. The summed E-state index contributed by atoms with van der Waals surface area (Å²) < 4.78 is 0. The van der Waals surface area contributed by atoms with Crippen molar-refractivity contribution in [3.05, 3.63) is 0 Å². The van der Waals surface area contributed by atoms with Crippen molar-refractivity contribution in [2.24, 2.45) is 5.73 Å². The molecule has 0 bridgehead atoms. The van der Waals surface area contributed by atoms with Crippen LogP contribution in [0.1, 0.15) is 6.42 Å². The van der Waals surface area contributed by atoms with Crippen LogP contribution in [0.15, 0.2) is 0 Å². The number of hydroxylamine groups is 1. The lowest BCUT2D eigenvalue weighted by Crippen LogP contribution is -2.34. The minimum atomic E-state index is -0.0463. The topological polar surface area (TPSA) is 71.1 Å². The lowest BCUT2D eigenvalue weighted by Gasteiger charge is -2.02. The van der Waals surface area contributed by atoms with Gasteiger partial charge in [-0.05, 0) is 6.42 Å². The quantitative estimate of drug-likeness (QED) is 0.310. The van der Waals surface area contributed by atoms with Gasteiger partial charge >= 0.3 is 0 Å². The summed E-state index contributed by atoms with van der Waals surface area (Å²) in [5, 5.41) is 6.93. The number of nitrogens with one attached hydrogen (secondary N) is 2. The zero-order valence-electron chi connectivity index (χ0n) is 4.48. The van der Waals surface area contributed by atoms with Gasteiger partial charge in [0.2, 0.25) is 0 Å². The largest absolute Gasteiger partial charge is 0.386 e. The normalized spacial score (nSPS) is 28.2. The molecular weight excluding hydrogens is 106 g/mol. The van der Waals surface area contributed by atoms with Gasteiger partial charge in [0.1, 0.15) is 5.84 Å². The van der Waals surface area contributed by atoms with E-state index in [9.17, 15) is 0 Å². The Morgan fingerprint density at radius 3 is 2.88 bits per heavy atom. The lowest BCUT2D eigenvalue weighted by molar-refractivity contribution is 0.0963. The van der Waals surface area contributed by atoms with Crippen molar-refractivity contribution in [2.75, 3.05) is 6.61 Å². The fourth-order valence-electron chi connectivity index (χ4n) is 0.614. The van der Waals surface area contributed by atoms with E-state index >= 15 is 0 Å². The number of rotatable bonds is 1. The molecule has 0 amide bonds. The standard InChI is InChI=1S/C4H9N3O/c5-4(6)3-1-2-8-7-3/h3,7H,1-2H2,(H3,5,6). The van der Waals surface area contributed by atoms with E-state index in [1.165, 1.54) is 0 Å². The van der Waals surface area contributed by atoms with Gasteiger partial charge in [-0.2, -0.15) is 5.48 Å². The van der Waals surface area contributed by atoms with Gasteiger partial charge in [0, 0.05) is 0 Å². The first-order valence-corrected chi connectivity index (χ1v) is 2.52. The van der Waals surface area contributed by atoms with Crippen molar-refractivity contribution in [3.8, 4) is 0 Å². The van der Waals surface area contributed by atoms with Gasteiger partial charge in [0.25, 0.3) is 0 Å². The Hall–Kier alpha value is -0.610. The zero-order chi connectivity index (χ0) is 5.98. The zero-order valence-corrected chi connectivity index (χ0v) is 4.48. The molecule has 1 fully saturated rings. The van der Waals surface area contributed by atoms with E-state index in [2.05, 4.69) is 5.48 Å². The van der Waals surface area contributed by atoms with E-state index in [1.807, 2.05) is 0 Å². The van der Waals surface area contributed by atoms with Gasteiger partial charge < -0.3 is 10.6 Å². The van der Waals surface area contributed by atoms with Gasteiger partial charge in [-0.3, -0.25) is 5.41 Å². The molecule has 0 aromatic rings. The van der Waals surface area contributed by atoms with Crippen molar-refractivity contribution in [1.82, 2.24) is 5.48 Å². The van der Waals surface area contributed by atoms with E-state index in [0.29, 0.717) is 6.61 Å². The summed E-state index contributed by atoms with van der Waals surface area (Å²) in [6.07, 6.45) is 0.815. The van der Waals surface area contributed by atoms with Crippen molar-refractivity contribution in [2.45, 2.75) is 12.5 Å². The highest BCUT2D eigenvalue weighted by Gasteiger charge is 2.16. The summed E-state index contributed by atoms with van der Waals surface area (Å²) in [5.74, 6) is 0.155. The molecule has 46 valence electrons. The van der Waals surface area contributed by atoms with Gasteiger partial charge in [-0.25, -0.2) is 0 Å². The van der Waals surface area contributed by atoms with Gasteiger partial charge in [-0.1, -0.05) is 0 Å². The van der Waals surface area contributed by atoms with Crippen molar-refractivity contribution in [3.63, 3.8) is 0 Å². The van der Waals surface area contributed by atoms with Crippen LogP contribution in [0.5, 0.6) is 0 Å². The van der Waals surface area contributed by atoms with Crippen molar-refractivity contribution >= 4 is 5.84 Å². The lowest BCUT2D eigenvalue weighted by atomic mass is 10.2. The summed E-state index contributed by atoms with van der Waals surface area (Å²) in [5.41, 5.74) is 7.74. The number of hydrogen-bond donors (Lipinski definition) is 3. The average molecular weight is 115 g/mol. The Labute approximate surface area is 47.5 Å². The number of hydrogen-bond acceptors (Lipinski definition) is 3. The molecule has 8 heavy (non-hydrogen) atoms. The Kier molecular flexibility index (Phi) is 1.45. The van der Waals surface area contributed by atoms with Gasteiger partial charge in [-0.15, -0.1) is 0 Å². The predicted molar refractivity (Wildman–Crippen MR) is 29.4 cm³/mol. The maximum Gasteiger partial charge on any atom is 0.110 e. The minimum absolute atomic E-state index is 0.0463. The molecule has 0 spiro atoms. The molecular formula is C4H9N3O. The third-order valence-electron chi connectivity index (χ3n) is 1.11. The number of amidine groups is 1. The van der Waals surface area contributed by atoms with Crippen LogP contribution >= 0.6 is 0 Å². The second-order valence-electron chi connectivity index (χ2n) is 1.76. The van der Waals surface area contributed by atoms with Crippen LogP contribution in [0.3, 0.4) is 0 Å². The van der Waals surface area contributed by atoms with E-state index in [0.717, 1.165) is 6.42 Å². The first kappa shape index (κ1) is 5.53. The van der Waals surface area contributed by atoms with Crippen LogP contribution in [-0.4, -0.2) is 18.5 Å². The van der Waals surface area contributed by atoms with Gasteiger partial charge in [0.15, 0.2) is 0 Å². The van der Waals surface area contributed by atoms with E-state index < -0.39 is 0 Å². The highest BCUT2D eigenvalue weighted by molar-refractivity contribution is 5.82. The van der Waals surface area contributed by atoms with Crippen molar-refractivity contribution in [1.29, 1.82) is 5.41 Å². The predicted octanol–water partition coefficient (Wildman–Crippen LogP) is -0.784. The van der Waals surface area contributed by atoms with Crippen LogP contribution in [0.4, 0.5) is 0 Å². The molecule has 1 rings (SSSR count). The first-order valence-electron chi connectivity index (χ1n) is 2.52. The maximum absolute atomic E-state index is 6.93. The fraction of sp³-hybridized carbons (Fsp3) is 0.750. The molecule has 1 unspecified atom stereocenters. The Bertz CT molecular complexity index is 97.5. The highest BCUT2D eigenvalue weighted by Crippen LogP contribution is 1.98. The molecule has 0 aromatic heterocycles. The van der Waals surface area contributed by atoms with E-state index in [-0.39, 0.29) is 11.9 Å². The van der Waals surface area contributed by atoms with E-state index in [1.54, 1.807) is 0 Å². The monoisotopic (exact) mass is 115 g/mol. The maximum atomic E-state index is 6.93. The van der Waals surface area contributed by atoms with Crippen LogP contribution in [0.2, 0.25) is 0 Å². The molecule has 0 aliphatic carbocycles. The summed E-state index contributed by atoms with van der Waals surface area (Å²) in [7, 11) is 0. The molecule has 1 atom stereocenters. The summed E-state index contributed by atoms with van der Waals surface area (Å²) in [6.45, 7) is 0.657. The minimum Gasteiger partial charge on any atom is -0.386 e. The average Bonchev–Trinajstić information content (AvgIpc) is 2.12. The smallest absolute Gasteiger partial charge is 0.110 e. The Morgan fingerprint density at radius 1 is 1.88 bits per heavy atom. The molecule has 0 saturated carbocycles. The highest BCUT2D eigenvalue weighted by atomic mass is 16.7. The third kappa shape index (κ3) is 0.962. The van der Waals surface area contributed by atoms with Gasteiger partial charge in [0.05, 0.1) is 12.6 Å². The second kappa shape index (κ2) is 2.11. The molecule has 1 aliphatic heterocycles. The molecule has 4 nitrogen and oxygen atoms in total. The second-order valence-corrected chi connectivity index (χ2v) is 1.76. The molecule has 1 aliphatic rings. The Balaban J connectivity index is 2.35. The molecule has 4 heteroatoms. The Morgan fingerprint density at radius 2 is 2.62 bits per heavy atom. The van der Waals surface area contributed by atoms with E-state index in [4.69, 9.17) is 16.0 Å². The molecule has 1 saturated heterocycles. The molecule has 0 radical (unpaired) electrons. The molecule has 1 heterocycles. The fourth-order valence-corrected chi connectivity index (χ4v) is 0.614. The summed E-state index contributed by atoms with van der Waals surface area (Å²) in [4.78, 5) is 4.75. The van der Waals surface area contributed by atoms with Crippen LogP contribution in [0.25, 0.3) is 0 Å². The van der Waals surface area contributed by atoms with Crippen LogP contribution in [0, 0.1) is 5.41 Å². The summed E-state index contributed by atoms with van der Waals surface area (Å²) in [6, 6.07) is -0.0463.